The van der Waals surface area contributed by atoms with Crippen molar-refractivity contribution in [2.24, 2.45) is 0 Å². The molecule has 15 aromatic rings. The zero-order valence-electron chi connectivity index (χ0n) is 62.0. The highest BCUT2D eigenvalue weighted by atomic mass is 19.2. The van der Waals surface area contributed by atoms with Gasteiger partial charge in [0.05, 0.1) is 78.9 Å². The number of nitrogens with zero attached hydrogens (tertiary/aromatic N) is 4. The number of fused-ring (bicyclic) bond motifs is 18. The fourth-order valence-corrected chi connectivity index (χ4v) is 16.0. The molecule has 16 bridgehead atoms. The Balaban J connectivity index is 0.959. The molecule has 0 saturated carbocycles. The van der Waals surface area contributed by atoms with Gasteiger partial charge in [0.2, 0.25) is 34.9 Å². The molecule has 8 nitrogen and oxygen atoms in total. The van der Waals surface area contributed by atoms with Crippen molar-refractivity contribution in [3.05, 3.63) is 317 Å². The quantitative estimate of drug-likeness (QED) is 0.0525. The summed E-state index contributed by atoms with van der Waals surface area (Å²) in [5.74, 6) is -79.0. The Morgan fingerprint density at radius 1 is 0.148 bits per heavy atom. The van der Waals surface area contributed by atoms with E-state index in [1.165, 1.54) is 48.5 Å². The van der Waals surface area contributed by atoms with Crippen molar-refractivity contribution in [3.8, 4) is 89.0 Å². The van der Waals surface area contributed by atoms with Gasteiger partial charge >= 0.3 is 0 Å². The van der Waals surface area contributed by atoms with Gasteiger partial charge in [0, 0.05) is 88.6 Å². The Hall–Kier alpha value is -15.4. The van der Waals surface area contributed by atoms with Crippen LogP contribution >= 0.6 is 0 Å². The Bertz CT molecular complexity index is 7440. The first kappa shape index (κ1) is 82.2. The minimum Gasteiger partial charge on any atom is -0.354 e. The molecule has 0 radical (unpaired) electrons. The lowest BCUT2D eigenvalue weighted by Gasteiger charge is -2.14. The molecule has 0 spiro atoms. The van der Waals surface area contributed by atoms with Crippen molar-refractivity contribution in [1.82, 2.24) is 39.9 Å². The summed E-state index contributed by atoms with van der Waals surface area (Å²) in [6, 6.07) is 17.7. The third-order valence-corrected chi connectivity index (χ3v) is 21.7. The van der Waals surface area contributed by atoms with Gasteiger partial charge in [-0.2, -0.15) is 0 Å². The summed E-state index contributed by atoms with van der Waals surface area (Å²) in [7, 11) is 0. The predicted molar refractivity (Wildman–Crippen MR) is 409 cm³/mol. The average Bonchev–Trinajstić information content (AvgIpc) is 1.33. The highest BCUT2D eigenvalue weighted by molar-refractivity contribution is 6.14. The van der Waals surface area contributed by atoms with Crippen LogP contribution in [0.5, 0.6) is 0 Å². The van der Waals surface area contributed by atoms with E-state index in [4.69, 9.17) is 0 Å². The number of aromatic amines is 4. The van der Waals surface area contributed by atoms with Crippen LogP contribution in [-0.2, 0) is 0 Å². The molecule has 9 aromatic carbocycles. The number of benzene rings is 9. The molecule has 4 aliphatic rings. The first-order chi connectivity index (χ1) is 61.0. The summed E-state index contributed by atoms with van der Waals surface area (Å²) in [5, 5.41) is 0.163. The molecule has 0 aliphatic carbocycles. The van der Waals surface area contributed by atoms with Crippen LogP contribution in [0.2, 0.25) is 0 Å². The summed E-state index contributed by atoms with van der Waals surface area (Å²) in [6.07, 6.45) is 6.45. The van der Waals surface area contributed by atoms with Crippen LogP contribution in [0, 0.1) is 175 Å². The van der Waals surface area contributed by atoms with Gasteiger partial charge in [-0.1, -0.05) is 36.4 Å². The number of rotatable bonds is 8. The van der Waals surface area contributed by atoms with Crippen molar-refractivity contribution < 1.29 is 132 Å². The van der Waals surface area contributed by atoms with E-state index in [1.54, 1.807) is 0 Å². The Labute approximate surface area is 689 Å². The maximum Gasteiger partial charge on any atom is 0.200 e. The standard InChI is InChI=1S/C90H28F30N8/c91-61-55(62(92)74(104)85(115)73(61)103)49-35-11-7-31(121-35)47(32-8-12-36(122-32)50(56-63(93)75(105)86(116)76(106)64(56)94)40-16-20-44(126-40)53(43-19-15-39(49)125-43)59-69(99)81(111)89(119)82(112)70(59)100)27-5-1-3-25-23-26-4-2-6-28(30(26)24-29(25)27)48-33-9-13-37(123-33)51(57-65(95)77(107)87(117)78(108)66(57)96)41-17-21-45(127-41)54(60-71(101)83(113)90(120)84(114)72(60)102)46-22-18-42(128-46)52(38-14-10-34(48)124-38)58-67(97)79(109)88(118)80(110)68(58)98/h1-24,121,123,126,128H. The van der Waals surface area contributed by atoms with Crippen LogP contribution in [0.25, 0.3) is 203 Å². The Kier molecular flexibility index (Phi) is 19.0. The highest BCUT2D eigenvalue weighted by Crippen LogP contribution is 2.50. The predicted octanol–water partition coefficient (Wildman–Crippen LogP) is 27.4. The number of hydrogen-bond donors (Lipinski definition) is 4. The van der Waals surface area contributed by atoms with Crippen molar-refractivity contribution in [2.75, 3.05) is 0 Å². The second-order valence-corrected chi connectivity index (χ2v) is 28.6. The molecule has 0 saturated heterocycles. The van der Waals surface area contributed by atoms with Gasteiger partial charge in [0.1, 0.15) is 0 Å². The van der Waals surface area contributed by atoms with Crippen LogP contribution in [-0.4, -0.2) is 39.9 Å². The van der Waals surface area contributed by atoms with E-state index >= 15 is 123 Å². The lowest BCUT2D eigenvalue weighted by Crippen LogP contribution is -2.06. The molecule has 0 fully saturated rings. The Morgan fingerprint density at radius 3 is 0.469 bits per heavy atom. The van der Waals surface area contributed by atoms with Gasteiger partial charge in [0.15, 0.2) is 140 Å². The van der Waals surface area contributed by atoms with E-state index in [0.29, 0.717) is 48.6 Å². The molecular weight excluding hydrogens is 1760 g/mol. The molecule has 4 N–H and O–H groups in total. The van der Waals surface area contributed by atoms with Gasteiger partial charge in [-0.25, -0.2) is 152 Å². The largest absolute Gasteiger partial charge is 0.354 e. The molecular formula is C90H28F30N8. The zero-order valence-corrected chi connectivity index (χ0v) is 62.0. The van der Waals surface area contributed by atoms with Gasteiger partial charge < -0.3 is 19.9 Å². The molecule has 0 atom stereocenters. The number of halogens is 30. The number of nitrogens with one attached hydrogen (secondary N) is 4. The van der Waals surface area contributed by atoms with Crippen LogP contribution in [0.15, 0.2) is 97.1 Å². The monoisotopic (exact) mass is 1790 g/mol. The van der Waals surface area contributed by atoms with E-state index < -0.39 is 331 Å². The third kappa shape index (κ3) is 12.0. The smallest absolute Gasteiger partial charge is 0.200 e. The van der Waals surface area contributed by atoms with Gasteiger partial charge in [-0.3, -0.25) is 0 Å². The fraction of sp³-hybridized carbons (Fsp3) is 0. The van der Waals surface area contributed by atoms with Gasteiger partial charge in [-0.05, 0) is 142 Å². The maximum absolute atomic E-state index is 16.8. The molecule has 38 heteroatoms. The molecule has 6 aromatic heterocycles. The molecule has 0 unspecified atom stereocenters. The number of hydrogen-bond acceptors (Lipinski definition) is 4. The van der Waals surface area contributed by atoms with Crippen molar-refractivity contribution in [1.29, 1.82) is 0 Å². The van der Waals surface area contributed by atoms with Crippen LogP contribution in [0.4, 0.5) is 132 Å². The minimum absolute atomic E-state index is 0.0540. The SMILES string of the molecule is Fc1c(F)c(F)c(-c2c3nc(c(-c4c(F)c(F)c(F)c(F)c4F)c4ccc([nH]4)c(-c4cccc5cc6cccc(-c7c8nc(c(-c9c(F)c(F)c(F)c(F)c9F)c9ccc([nH]9)c(-c9c(F)c(F)c(F)c(F)c9F)c9nc(c(-c%10c(F)c(F)c(F)c(F)c%10F)c%10ccc7[nH]%10)C=C9)C=C8)c6cc45)c4nc(c(-c5c(F)c(F)c(F)c(F)c5F)c5ccc2[nH]5)C=C4)C=C3)c(F)c1F. The van der Waals surface area contributed by atoms with Crippen LogP contribution < -0.4 is 0 Å². The summed E-state index contributed by atoms with van der Waals surface area (Å²) >= 11 is 0. The van der Waals surface area contributed by atoms with Crippen LogP contribution in [0.1, 0.15) is 45.6 Å². The normalized spacial score (nSPS) is 12.5. The summed E-state index contributed by atoms with van der Waals surface area (Å²) in [6.45, 7) is 0. The summed E-state index contributed by atoms with van der Waals surface area (Å²) in [4.78, 5) is 28.0. The lowest BCUT2D eigenvalue weighted by atomic mass is 9.91. The highest BCUT2D eigenvalue weighted by Gasteiger charge is 2.39. The van der Waals surface area contributed by atoms with Gasteiger partial charge in [-0.15, -0.1) is 0 Å². The van der Waals surface area contributed by atoms with Crippen LogP contribution in [0.3, 0.4) is 0 Å². The number of aromatic nitrogens is 8. The maximum atomic E-state index is 16.8. The molecule has 128 heavy (non-hydrogen) atoms. The lowest BCUT2D eigenvalue weighted by molar-refractivity contribution is 0.381. The third-order valence-electron chi connectivity index (χ3n) is 21.7. The summed E-state index contributed by atoms with van der Waals surface area (Å²) in [5.41, 5.74) is -31.9. The number of H-pyrrole nitrogens is 4. The second-order valence-electron chi connectivity index (χ2n) is 28.6. The van der Waals surface area contributed by atoms with E-state index in [0.717, 1.165) is 48.6 Å². The average molecular weight is 1790 g/mol. The second kappa shape index (κ2) is 29.6. The van der Waals surface area contributed by atoms with E-state index in [9.17, 15) is 8.78 Å². The van der Waals surface area contributed by atoms with E-state index in [1.807, 2.05) is 0 Å². The molecule has 638 valence electrons. The zero-order chi connectivity index (χ0) is 90.7. The molecule has 10 heterocycles. The van der Waals surface area contributed by atoms with Gasteiger partial charge in [0.25, 0.3) is 0 Å². The first-order valence-corrected chi connectivity index (χ1v) is 36.4. The Morgan fingerprint density at radius 2 is 0.297 bits per heavy atom. The molecule has 0 amide bonds. The van der Waals surface area contributed by atoms with E-state index in [-0.39, 0.29) is 43.8 Å². The van der Waals surface area contributed by atoms with Crippen molar-refractivity contribution in [3.63, 3.8) is 0 Å². The minimum atomic E-state index is -2.75. The first-order valence-electron chi connectivity index (χ1n) is 36.4. The van der Waals surface area contributed by atoms with E-state index in [2.05, 4.69) is 39.9 Å². The molecule has 4 aliphatic heterocycles. The van der Waals surface area contributed by atoms with Crippen molar-refractivity contribution >= 4 is 114 Å². The summed E-state index contributed by atoms with van der Waals surface area (Å²) < 4.78 is 479. The van der Waals surface area contributed by atoms with Crippen molar-refractivity contribution in [2.45, 2.75) is 0 Å². The topological polar surface area (TPSA) is 115 Å². The molecule has 19 rings (SSSR count). The fourth-order valence-electron chi connectivity index (χ4n) is 16.0.